The third kappa shape index (κ3) is 11.4. The van der Waals surface area contributed by atoms with Crippen LogP contribution in [0.3, 0.4) is 0 Å². The molecule has 6 aliphatic carbocycles. The summed E-state index contributed by atoms with van der Waals surface area (Å²) in [4.78, 5) is 58.6. The van der Waals surface area contributed by atoms with E-state index in [0.29, 0.717) is 37.4 Å². The minimum absolute atomic E-state index is 0.0408. The van der Waals surface area contributed by atoms with Gasteiger partial charge >= 0.3 is 17.9 Å². The van der Waals surface area contributed by atoms with Crippen LogP contribution < -0.4 is 0 Å². The van der Waals surface area contributed by atoms with E-state index in [0.717, 1.165) is 89.9 Å². The smallest absolute Gasteiger partial charge is 0.310 e. The van der Waals surface area contributed by atoms with Gasteiger partial charge in [-0.2, -0.15) is 0 Å². The molecule has 6 saturated carbocycles. The van der Waals surface area contributed by atoms with Gasteiger partial charge in [0.15, 0.2) is 0 Å². The highest BCUT2D eigenvalue weighted by atomic mass is 17.2. The van der Waals surface area contributed by atoms with Crippen LogP contribution in [0, 0.1) is 51.0 Å². The Labute approximate surface area is 332 Å². The van der Waals surface area contributed by atoms with Crippen LogP contribution in [0.25, 0.3) is 0 Å². The lowest BCUT2D eigenvalue weighted by molar-refractivity contribution is -0.528. The third-order valence-electron chi connectivity index (χ3n) is 15.2. The Kier molecular flexibility index (Phi) is 15.5. The molecule has 6 rings (SSSR count). The number of nitro groups is 1. The second kappa shape index (κ2) is 20.1. The molecule has 13 heteroatoms. The average molecular weight is 792 g/mol. The highest BCUT2D eigenvalue weighted by molar-refractivity contribution is 5.81. The van der Waals surface area contributed by atoms with Crippen LogP contribution in [-0.4, -0.2) is 82.3 Å². The van der Waals surface area contributed by atoms with E-state index in [1.807, 2.05) is 0 Å². The van der Waals surface area contributed by atoms with Crippen molar-refractivity contribution in [2.24, 2.45) is 40.9 Å². The molecule has 56 heavy (non-hydrogen) atoms. The first-order chi connectivity index (χ1) is 26.9. The van der Waals surface area contributed by atoms with Crippen molar-refractivity contribution in [1.82, 2.24) is 0 Å². The van der Waals surface area contributed by atoms with Gasteiger partial charge < -0.3 is 24.4 Å². The number of carboxylic acids is 2. The molecule has 0 spiro atoms. The van der Waals surface area contributed by atoms with Gasteiger partial charge in [0.2, 0.25) is 6.04 Å². The molecule has 5 unspecified atom stereocenters. The molecule has 0 bridgehead atoms. The van der Waals surface area contributed by atoms with Crippen LogP contribution in [-0.2, 0) is 38.4 Å². The van der Waals surface area contributed by atoms with Gasteiger partial charge in [0.25, 0.3) is 0 Å². The Morgan fingerprint density at radius 1 is 0.589 bits per heavy atom. The SMILES string of the molecule is CC(C)(C1CCC(OC2CCC(OOCC3CCCCC3C(=O)O)CC2)CC1)C1CCC(OC2CCC(OC(=O)C3CC([N+](=O)[O-])CCC3C(=O)O)CC2)CC1. The number of aliphatic carboxylic acids is 2. The summed E-state index contributed by atoms with van der Waals surface area (Å²) >= 11 is 0. The minimum atomic E-state index is -1.09. The van der Waals surface area contributed by atoms with E-state index in [1.165, 1.54) is 25.7 Å². The summed E-state index contributed by atoms with van der Waals surface area (Å²) in [5, 5.41) is 30.5. The summed E-state index contributed by atoms with van der Waals surface area (Å²) in [6, 6.07) is -0.899. The quantitative estimate of drug-likeness (QED) is 0.0702. The number of carboxylic acid groups (broad SMARTS) is 2. The minimum Gasteiger partial charge on any atom is -0.481 e. The zero-order valence-corrected chi connectivity index (χ0v) is 33.9. The molecule has 0 aromatic carbocycles. The Hall–Kier alpha value is -2.35. The topological polar surface area (TPSA) is 181 Å². The van der Waals surface area contributed by atoms with E-state index < -0.39 is 40.7 Å². The molecule has 0 aromatic heterocycles. The summed E-state index contributed by atoms with van der Waals surface area (Å²) in [6.07, 6.45) is 20.5. The van der Waals surface area contributed by atoms with E-state index in [-0.39, 0.29) is 67.0 Å². The molecule has 13 nitrogen and oxygen atoms in total. The molecule has 0 heterocycles. The van der Waals surface area contributed by atoms with Gasteiger partial charge in [0.1, 0.15) is 6.10 Å². The fourth-order valence-corrected chi connectivity index (χ4v) is 11.4. The lowest BCUT2D eigenvalue weighted by Gasteiger charge is -2.47. The molecular weight excluding hydrogens is 722 g/mol. The number of hydrogen-bond acceptors (Lipinski definition) is 10. The lowest BCUT2D eigenvalue weighted by atomic mass is 9.60. The lowest BCUT2D eigenvalue weighted by Crippen LogP contribution is -2.42. The molecular formula is C43H69NO12. The molecule has 318 valence electrons. The zero-order chi connectivity index (χ0) is 39.8. The molecule has 5 atom stereocenters. The maximum atomic E-state index is 13.0. The average Bonchev–Trinajstić information content (AvgIpc) is 3.19. The normalized spacial score (nSPS) is 38.6. The van der Waals surface area contributed by atoms with E-state index in [1.54, 1.807) is 0 Å². The molecule has 0 radical (unpaired) electrons. The number of nitrogens with zero attached hydrogens (tertiary/aromatic N) is 1. The van der Waals surface area contributed by atoms with Crippen molar-refractivity contribution in [1.29, 1.82) is 0 Å². The van der Waals surface area contributed by atoms with Gasteiger partial charge in [0.05, 0.1) is 54.9 Å². The number of carbonyl (C=O) groups is 3. The van der Waals surface area contributed by atoms with Crippen molar-refractivity contribution >= 4 is 17.9 Å². The van der Waals surface area contributed by atoms with Crippen molar-refractivity contribution in [3.8, 4) is 0 Å². The Morgan fingerprint density at radius 2 is 1.05 bits per heavy atom. The summed E-state index contributed by atoms with van der Waals surface area (Å²) in [7, 11) is 0. The number of carbonyl (C=O) groups excluding carboxylic acids is 1. The van der Waals surface area contributed by atoms with Crippen molar-refractivity contribution in [3.05, 3.63) is 10.1 Å². The van der Waals surface area contributed by atoms with Crippen LogP contribution in [0.1, 0.15) is 162 Å². The standard InChI is InChI=1S/C43H69NO12/c1-43(2,29-9-14-32(15-10-29)54-34-20-22-36(23-21-34)56-52-26-27-5-3-4-6-37(27)40(45)46)28-7-12-31(13-8-28)53-33-16-18-35(19-17-33)55-42(49)39-25-30(44(50)51)11-24-38(39)41(47)48/h27-39H,3-26H2,1-2H3,(H,45,46)(H,47,48). The predicted molar refractivity (Wildman–Crippen MR) is 205 cm³/mol. The molecule has 0 aliphatic heterocycles. The van der Waals surface area contributed by atoms with Gasteiger partial charge in [-0.1, -0.05) is 26.7 Å². The zero-order valence-electron chi connectivity index (χ0n) is 33.9. The van der Waals surface area contributed by atoms with E-state index >= 15 is 0 Å². The molecule has 0 saturated heterocycles. The summed E-state index contributed by atoms with van der Waals surface area (Å²) in [5.41, 5.74) is 0.271. The van der Waals surface area contributed by atoms with Crippen LogP contribution in [0.5, 0.6) is 0 Å². The molecule has 0 amide bonds. The highest BCUT2D eigenvalue weighted by Crippen LogP contribution is 2.49. The molecule has 2 N–H and O–H groups in total. The summed E-state index contributed by atoms with van der Waals surface area (Å²) < 4.78 is 19.0. The first-order valence-electron chi connectivity index (χ1n) is 22.3. The van der Waals surface area contributed by atoms with Crippen molar-refractivity contribution in [2.75, 3.05) is 6.61 Å². The van der Waals surface area contributed by atoms with Gasteiger partial charge in [-0.3, -0.25) is 24.5 Å². The number of rotatable bonds is 15. The molecule has 6 fully saturated rings. The summed E-state index contributed by atoms with van der Waals surface area (Å²) in [5.74, 6) is -3.21. The Morgan fingerprint density at radius 3 is 1.55 bits per heavy atom. The second-order valence-corrected chi connectivity index (χ2v) is 18.9. The fourth-order valence-electron chi connectivity index (χ4n) is 11.4. The van der Waals surface area contributed by atoms with E-state index in [2.05, 4.69) is 13.8 Å². The van der Waals surface area contributed by atoms with Gasteiger partial charge in [-0.05, 0) is 145 Å². The number of ether oxygens (including phenoxy) is 3. The van der Waals surface area contributed by atoms with Gasteiger partial charge in [-0.25, -0.2) is 9.78 Å². The largest absolute Gasteiger partial charge is 0.481 e. The van der Waals surface area contributed by atoms with Crippen molar-refractivity contribution < 1.29 is 53.5 Å². The van der Waals surface area contributed by atoms with Crippen LogP contribution in [0.15, 0.2) is 0 Å². The second-order valence-electron chi connectivity index (χ2n) is 18.9. The van der Waals surface area contributed by atoms with Crippen molar-refractivity contribution in [3.63, 3.8) is 0 Å². The first kappa shape index (κ1) is 43.2. The summed E-state index contributed by atoms with van der Waals surface area (Å²) in [6.45, 7) is 5.33. The highest BCUT2D eigenvalue weighted by Gasteiger charge is 2.46. The van der Waals surface area contributed by atoms with Crippen LogP contribution in [0.2, 0.25) is 0 Å². The number of esters is 1. The Balaban J connectivity index is 0.833. The fraction of sp³-hybridized carbons (Fsp3) is 0.930. The van der Waals surface area contributed by atoms with Gasteiger partial charge in [0, 0.05) is 17.8 Å². The van der Waals surface area contributed by atoms with Gasteiger partial charge in [-0.15, -0.1) is 0 Å². The molecule has 6 aliphatic rings. The maximum Gasteiger partial charge on any atom is 0.310 e. The third-order valence-corrected chi connectivity index (χ3v) is 15.2. The van der Waals surface area contributed by atoms with E-state index in [9.17, 15) is 34.7 Å². The monoisotopic (exact) mass is 791 g/mol. The maximum absolute atomic E-state index is 13.0. The van der Waals surface area contributed by atoms with Crippen molar-refractivity contribution in [2.45, 2.75) is 204 Å². The first-order valence-corrected chi connectivity index (χ1v) is 22.3. The molecule has 0 aromatic rings. The number of hydrogen-bond donors (Lipinski definition) is 2. The van der Waals surface area contributed by atoms with Crippen LogP contribution in [0.4, 0.5) is 0 Å². The Bertz CT molecular complexity index is 1290. The van der Waals surface area contributed by atoms with E-state index in [4.69, 9.17) is 24.0 Å². The predicted octanol–water partition coefficient (Wildman–Crippen LogP) is 8.31. The van der Waals surface area contributed by atoms with Crippen LogP contribution >= 0.6 is 0 Å².